The van der Waals surface area contributed by atoms with E-state index in [2.05, 4.69) is 15.3 Å². The summed E-state index contributed by atoms with van der Waals surface area (Å²) in [7, 11) is 0. The predicted molar refractivity (Wildman–Crippen MR) is 62.5 cm³/mol. The lowest BCUT2D eigenvalue weighted by Crippen LogP contribution is -2.30. The Morgan fingerprint density at radius 3 is 3.25 bits per heavy atom. The van der Waals surface area contributed by atoms with Crippen molar-refractivity contribution in [1.82, 2.24) is 15.3 Å². The number of aromatic nitrogens is 2. The molecule has 0 radical (unpaired) electrons. The quantitative estimate of drug-likeness (QED) is 0.838. The normalized spacial score (nSPS) is 20.7. The van der Waals surface area contributed by atoms with Crippen LogP contribution in [0.5, 0.6) is 6.01 Å². The number of hydrogen-bond acceptors (Lipinski definition) is 4. The van der Waals surface area contributed by atoms with Gasteiger partial charge in [0.05, 0.1) is 6.61 Å². The van der Waals surface area contributed by atoms with Crippen molar-refractivity contribution in [2.75, 3.05) is 19.7 Å². The molecular formula is C12H19N3O. The maximum Gasteiger partial charge on any atom is 0.316 e. The highest BCUT2D eigenvalue weighted by Gasteiger charge is 2.12. The Labute approximate surface area is 96.4 Å². The molecule has 1 N–H and O–H groups in total. The van der Waals surface area contributed by atoms with E-state index in [1.807, 2.05) is 13.0 Å². The van der Waals surface area contributed by atoms with Crippen LogP contribution in [0.1, 0.15) is 25.0 Å². The van der Waals surface area contributed by atoms with Gasteiger partial charge in [-0.1, -0.05) is 0 Å². The lowest BCUT2D eigenvalue weighted by molar-refractivity contribution is 0.239. The number of nitrogens with one attached hydrogen (secondary N) is 1. The van der Waals surface area contributed by atoms with Crippen molar-refractivity contribution in [2.45, 2.75) is 26.2 Å². The van der Waals surface area contributed by atoms with Crippen LogP contribution >= 0.6 is 0 Å². The summed E-state index contributed by atoms with van der Waals surface area (Å²) >= 11 is 0. The Kier molecular flexibility index (Phi) is 4.10. The van der Waals surface area contributed by atoms with Gasteiger partial charge in [-0.3, -0.25) is 0 Å². The fraction of sp³-hybridized carbons (Fsp3) is 0.667. The van der Waals surface area contributed by atoms with Gasteiger partial charge in [0, 0.05) is 11.9 Å². The Balaban J connectivity index is 1.71. The minimum absolute atomic E-state index is 0.503. The average molecular weight is 221 g/mol. The van der Waals surface area contributed by atoms with Crippen LogP contribution in [0, 0.1) is 12.8 Å². The number of aryl methyl sites for hydroxylation is 1. The summed E-state index contributed by atoms with van der Waals surface area (Å²) < 4.78 is 5.54. The van der Waals surface area contributed by atoms with Crippen LogP contribution < -0.4 is 10.1 Å². The summed E-state index contributed by atoms with van der Waals surface area (Å²) in [6.07, 6.45) is 5.42. The van der Waals surface area contributed by atoms with Gasteiger partial charge >= 0.3 is 6.01 Å². The molecule has 0 amide bonds. The minimum atomic E-state index is 0.503. The standard InChI is InChI=1S/C12H19N3O/c1-10-4-7-14-12(15-10)16-8-5-11-3-2-6-13-9-11/h4,7,11,13H,2-3,5-6,8-9H2,1H3/t11-/m0/s1. The minimum Gasteiger partial charge on any atom is -0.463 e. The summed E-state index contributed by atoms with van der Waals surface area (Å²) in [6.45, 7) is 4.95. The van der Waals surface area contributed by atoms with Crippen LogP contribution in [0.25, 0.3) is 0 Å². The van der Waals surface area contributed by atoms with Gasteiger partial charge < -0.3 is 10.1 Å². The molecule has 1 atom stereocenters. The van der Waals surface area contributed by atoms with E-state index in [9.17, 15) is 0 Å². The Morgan fingerprint density at radius 2 is 2.50 bits per heavy atom. The highest BCUT2D eigenvalue weighted by atomic mass is 16.5. The third-order valence-electron chi connectivity index (χ3n) is 2.93. The molecule has 0 bridgehead atoms. The zero-order valence-corrected chi connectivity index (χ0v) is 9.78. The molecule has 1 aliphatic heterocycles. The van der Waals surface area contributed by atoms with Crippen molar-refractivity contribution >= 4 is 0 Å². The highest BCUT2D eigenvalue weighted by molar-refractivity contribution is 5.02. The Hall–Kier alpha value is -1.16. The van der Waals surface area contributed by atoms with Gasteiger partial charge in [-0.15, -0.1) is 0 Å². The van der Waals surface area contributed by atoms with Gasteiger partial charge in [0.15, 0.2) is 0 Å². The van der Waals surface area contributed by atoms with Gasteiger partial charge in [0.25, 0.3) is 0 Å². The summed E-state index contributed by atoms with van der Waals surface area (Å²) in [6, 6.07) is 2.38. The summed E-state index contributed by atoms with van der Waals surface area (Å²) in [5.74, 6) is 0.749. The first kappa shape index (κ1) is 11.3. The second kappa shape index (κ2) is 5.80. The Bertz CT molecular complexity index is 324. The van der Waals surface area contributed by atoms with Crippen LogP contribution in [0.3, 0.4) is 0 Å². The van der Waals surface area contributed by atoms with Gasteiger partial charge in [0.1, 0.15) is 0 Å². The maximum absolute atomic E-state index is 5.54. The van der Waals surface area contributed by atoms with E-state index in [1.165, 1.54) is 19.4 Å². The molecule has 0 aliphatic carbocycles. The highest BCUT2D eigenvalue weighted by Crippen LogP contribution is 2.14. The summed E-state index contributed by atoms with van der Waals surface area (Å²) in [5, 5.41) is 3.41. The van der Waals surface area contributed by atoms with E-state index in [0.717, 1.165) is 31.2 Å². The second-order valence-electron chi connectivity index (χ2n) is 4.33. The van der Waals surface area contributed by atoms with E-state index in [4.69, 9.17) is 4.74 Å². The van der Waals surface area contributed by atoms with Crippen molar-refractivity contribution in [2.24, 2.45) is 5.92 Å². The molecule has 1 aromatic rings. The van der Waals surface area contributed by atoms with Gasteiger partial charge in [-0.05, 0) is 51.3 Å². The van der Waals surface area contributed by atoms with Crippen LogP contribution in [0.2, 0.25) is 0 Å². The monoisotopic (exact) mass is 221 g/mol. The molecule has 1 saturated heterocycles. The third kappa shape index (κ3) is 3.45. The van der Waals surface area contributed by atoms with Crippen molar-refractivity contribution < 1.29 is 4.74 Å². The predicted octanol–water partition coefficient (Wildman–Crippen LogP) is 1.55. The molecule has 2 heterocycles. The molecule has 2 rings (SSSR count). The second-order valence-corrected chi connectivity index (χ2v) is 4.33. The summed E-state index contributed by atoms with van der Waals surface area (Å²) in [4.78, 5) is 8.28. The fourth-order valence-corrected chi connectivity index (χ4v) is 1.98. The lowest BCUT2D eigenvalue weighted by Gasteiger charge is -2.22. The van der Waals surface area contributed by atoms with Crippen LogP contribution in [0.15, 0.2) is 12.3 Å². The number of hydrogen-bond donors (Lipinski definition) is 1. The van der Waals surface area contributed by atoms with E-state index in [-0.39, 0.29) is 0 Å². The summed E-state index contributed by atoms with van der Waals surface area (Å²) in [5.41, 5.74) is 0.948. The van der Waals surface area contributed by atoms with Gasteiger partial charge in [-0.25, -0.2) is 9.97 Å². The van der Waals surface area contributed by atoms with E-state index < -0.39 is 0 Å². The van der Waals surface area contributed by atoms with E-state index in [1.54, 1.807) is 6.20 Å². The van der Waals surface area contributed by atoms with Crippen LogP contribution in [0.4, 0.5) is 0 Å². The number of rotatable bonds is 4. The van der Waals surface area contributed by atoms with Crippen molar-refractivity contribution in [3.8, 4) is 6.01 Å². The molecule has 1 aromatic heterocycles. The molecular weight excluding hydrogens is 202 g/mol. The fourth-order valence-electron chi connectivity index (χ4n) is 1.98. The van der Waals surface area contributed by atoms with Crippen LogP contribution in [-0.2, 0) is 0 Å². The average Bonchev–Trinajstić information content (AvgIpc) is 2.30. The molecule has 16 heavy (non-hydrogen) atoms. The van der Waals surface area contributed by atoms with Gasteiger partial charge in [-0.2, -0.15) is 0 Å². The molecule has 0 aromatic carbocycles. The molecule has 0 unspecified atom stereocenters. The van der Waals surface area contributed by atoms with Gasteiger partial charge in [0.2, 0.25) is 0 Å². The van der Waals surface area contributed by atoms with Crippen molar-refractivity contribution in [3.63, 3.8) is 0 Å². The number of piperidine rings is 1. The number of ether oxygens (including phenoxy) is 1. The molecule has 4 nitrogen and oxygen atoms in total. The zero-order chi connectivity index (χ0) is 11.2. The number of nitrogens with zero attached hydrogens (tertiary/aromatic N) is 2. The van der Waals surface area contributed by atoms with Crippen molar-refractivity contribution in [1.29, 1.82) is 0 Å². The molecule has 4 heteroatoms. The van der Waals surface area contributed by atoms with E-state index >= 15 is 0 Å². The molecule has 1 fully saturated rings. The molecule has 88 valence electrons. The Morgan fingerprint density at radius 1 is 1.56 bits per heavy atom. The molecule has 0 saturated carbocycles. The van der Waals surface area contributed by atoms with Crippen molar-refractivity contribution in [3.05, 3.63) is 18.0 Å². The topological polar surface area (TPSA) is 47.0 Å². The maximum atomic E-state index is 5.54. The SMILES string of the molecule is Cc1ccnc(OCC[C@@H]2CCCNC2)n1. The van der Waals surface area contributed by atoms with Crippen LogP contribution in [-0.4, -0.2) is 29.7 Å². The first-order chi connectivity index (χ1) is 7.84. The largest absolute Gasteiger partial charge is 0.463 e. The van der Waals surface area contributed by atoms with E-state index in [0.29, 0.717) is 6.01 Å². The zero-order valence-electron chi connectivity index (χ0n) is 9.78. The molecule has 0 spiro atoms. The lowest BCUT2D eigenvalue weighted by atomic mass is 9.97. The smallest absolute Gasteiger partial charge is 0.316 e. The first-order valence-corrected chi connectivity index (χ1v) is 5.98. The molecule has 1 aliphatic rings. The first-order valence-electron chi connectivity index (χ1n) is 5.98. The third-order valence-corrected chi connectivity index (χ3v) is 2.93.